The minimum Gasteiger partial charge on any atom is -0.423 e. The average Bonchev–Trinajstić information content (AvgIpc) is 3.00. The van der Waals surface area contributed by atoms with Gasteiger partial charge < -0.3 is 9.32 Å². The van der Waals surface area contributed by atoms with Gasteiger partial charge in [-0.1, -0.05) is 24.0 Å². The van der Waals surface area contributed by atoms with E-state index in [1.54, 1.807) is 17.8 Å². The summed E-state index contributed by atoms with van der Waals surface area (Å²) in [6.07, 6.45) is 2.44. The molecule has 0 aliphatic carbocycles. The first-order valence-electron chi connectivity index (χ1n) is 7.50. The Morgan fingerprint density at radius 3 is 2.64 bits per heavy atom. The largest absolute Gasteiger partial charge is 0.423 e. The molecule has 0 N–H and O–H groups in total. The van der Waals surface area contributed by atoms with Crippen LogP contribution >= 0.6 is 24.0 Å². The number of likely N-dealkylation sites (tertiary alicyclic amines) is 1. The second-order valence-electron chi connectivity index (χ2n) is 5.77. The number of aryl methyl sites for hydroxylation is 2. The van der Waals surface area contributed by atoms with Gasteiger partial charge >= 0.3 is 5.63 Å². The van der Waals surface area contributed by atoms with Gasteiger partial charge in [-0.3, -0.25) is 0 Å². The first-order chi connectivity index (χ1) is 10.5. The Hall–Kier alpha value is -1.33. The highest BCUT2D eigenvalue weighted by Gasteiger charge is 2.16. The molecule has 0 saturated carbocycles. The Labute approximate surface area is 139 Å². The zero-order valence-electron chi connectivity index (χ0n) is 12.8. The molecule has 1 aromatic carbocycles. The zero-order valence-corrected chi connectivity index (χ0v) is 14.5. The maximum Gasteiger partial charge on any atom is 0.336 e. The van der Waals surface area contributed by atoms with E-state index in [0.29, 0.717) is 11.3 Å². The molecule has 0 atom stereocenters. The topological polar surface area (TPSA) is 33.5 Å². The van der Waals surface area contributed by atoms with Crippen molar-refractivity contribution in [1.29, 1.82) is 0 Å². The van der Waals surface area contributed by atoms with E-state index in [4.69, 9.17) is 16.6 Å². The van der Waals surface area contributed by atoms with Gasteiger partial charge in [-0.25, -0.2) is 4.79 Å². The highest BCUT2D eigenvalue weighted by Crippen LogP contribution is 2.26. The zero-order chi connectivity index (χ0) is 15.7. The molecule has 1 saturated heterocycles. The molecule has 1 fully saturated rings. The van der Waals surface area contributed by atoms with Gasteiger partial charge in [-0.15, -0.1) is 0 Å². The Bertz CT molecular complexity index is 776. The molecule has 3 rings (SSSR count). The average molecular weight is 333 g/mol. The van der Waals surface area contributed by atoms with E-state index >= 15 is 0 Å². The first-order valence-corrected chi connectivity index (χ1v) is 8.89. The van der Waals surface area contributed by atoms with Gasteiger partial charge in [0, 0.05) is 30.3 Å². The highest BCUT2D eigenvalue weighted by atomic mass is 32.2. The fraction of sp³-hybridized carbons (Fsp3) is 0.412. The van der Waals surface area contributed by atoms with Crippen LogP contribution in [-0.4, -0.2) is 22.3 Å². The van der Waals surface area contributed by atoms with Gasteiger partial charge in [-0.2, -0.15) is 0 Å². The third-order valence-electron chi connectivity index (χ3n) is 4.16. The standard InChI is InChI=1S/C17H19NO2S2/c1-11-7-14-13(9-16(19)20-15(14)8-12(11)2)10-22-17(21)18-5-3-4-6-18/h7-9H,3-6,10H2,1-2H3. The Morgan fingerprint density at radius 1 is 1.23 bits per heavy atom. The van der Waals surface area contributed by atoms with Crippen LogP contribution in [0.4, 0.5) is 0 Å². The fourth-order valence-corrected chi connectivity index (χ4v) is 3.98. The predicted molar refractivity (Wildman–Crippen MR) is 96.7 cm³/mol. The summed E-state index contributed by atoms with van der Waals surface area (Å²) in [7, 11) is 0. The maximum absolute atomic E-state index is 11.8. The third kappa shape index (κ3) is 3.20. The second-order valence-corrected chi connectivity index (χ2v) is 7.38. The van der Waals surface area contributed by atoms with Crippen molar-refractivity contribution in [2.75, 3.05) is 13.1 Å². The number of nitrogens with zero attached hydrogens (tertiary/aromatic N) is 1. The summed E-state index contributed by atoms with van der Waals surface area (Å²) in [4.78, 5) is 14.0. The van der Waals surface area contributed by atoms with E-state index in [2.05, 4.69) is 17.9 Å². The van der Waals surface area contributed by atoms with E-state index in [1.165, 1.54) is 18.4 Å². The SMILES string of the molecule is Cc1cc2oc(=O)cc(CSC(=S)N3CCCC3)c2cc1C. The lowest BCUT2D eigenvalue weighted by Crippen LogP contribution is -2.23. The smallest absolute Gasteiger partial charge is 0.336 e. The summed E-state index contributed by atoms with van der Waals surface area (Å²) >= 11 is 7.14. The lowest BCUT2D eigenvalue weighted by molar-refractivity contribution is 0.539. The molecular weight excluding hydrogens is 314 g/mol. The maximum atomic E-state index is 11.8. The number of hydrogen-bond acceptors (Lipinski definition) is 4. The molecule has 5 heteroatoms. The summed E-state index contributed by atoms with van der Waals surface area (Å²) in [6.45, 7) is 6.22. The van der Waals surface area contributed by atoms with Crippen molar-refractivity contribution in [3.8, 4) is 0 Å². The number of rotatable bonds is 2. The quantitative estimate of drug-likeness (QED) is 0.612. The Balaban J connectivity index is 1.87. The summed E-state index contributed by atoms with van der Waals surface area (Å²) in [5, 5.41) is 1.01. The van der Waals surface area contributed by atoms with Crippen molar-refractivity contribution in [1.82, 2.24) is 4.90 Å². The predicted octanol–water partition coefficient (Wildman–Crippen LogP) is 4.02. The molecule has 22 heavy (non-hydrogen) atoms. The molecule has 116 valence electrons. The Kier molecular flexibility index (Phi) is 4.54. The molecule has 1 aliphatic heterocycles. The van der Waals surface area contributed by atoms with Crippen LogP contribution in [0.1, 0.15) is 29.5 Å². The molecule has 2 heterocycles. The lowest BCUT2D eigenvalue weighted by atomic mass is 10.0. The van der Waals surface area contributed by atoms with Gasteiger partial charge in [0.25, 0.3) is 0 Å². The fourth-order valence-electron chi connectivity index (χ4n) is 2.73. The van der Waals surface area contributed by atoms with Crippen LogP contribution in [-0.2, 0) is 5.75 Å². The number of benzene rings is 1. The van der Waals surface area contributed by atoms with Gasteiger partial charge in [0.2, 0.25) is 0 Å². The Morgan fingerprint density at radius 2 is 1.91 bits per heavy atom. The molecule has 2 aromatic rings. The lowest BCUT2D eigenvalue weighted by Gasteiger charge is -2.17. The van der Waals surface area contributed by atoms with Crippen LogP contribution in [0.15, 0.2) is 27.4 Å². The van der Waals surface area contributed by atoms with Crippen LogP contribution < -0.4 is 5.63 Å². The van der Waals surface area contributed by atoms with Gasteiger partial charge in [-0.05, 0) is 55.5 Å². The molecule has 0 radical (unpaired) electrons. The van der Waals surface area contributed by atoms with Crippen LogP contribution in [0, 0.1) is 13.8 Å². The number of thiocarbonyl (C=S) groups is 1. The molecule has 0 amide bonds. The highest BCUT2D eigenvalue weighted by molar-refractivity contribution is 8.22. The molecule has 0 bridgehead atoms. The summed E-state index contributed by atoms with van der Waals surface area (Å²) in [5.74, 6) is 0.708. The van der Waals surface area contributed by atoms with Gasteiger partial charge in [0.05, 0.1) is 0 Å². The van der Waals surface area contributed by atoms with E-state index in [-0.39, 0.29) is 5.63 Å². The normalized spacial score (nSPS) is 14.7. The molecule has 1 aromatic heterocycles. The number of thioether (sulfide) groups is 1. The van der Waals surface area contributed by atoms with E-state index in [9.17, 15) is 4.79 Å². The molecular formula is C17H19NO2S2. The van der Waals surface area contributed by atoms with Crippen molar-refractivity contribution in [2.24, 2.45) is 0 Å². The van der Waals surface area contributed by atoms with Gasteiger partial charge in [0.1, 0.15) is 9.90 Å². The van der Waals surface area contributed by atoms with Crippen LogP contribution in [0.2, 0.25) is 0 Å². The monoisotopic (exact) mass is 333 g/mol. The van der Waals surface area contributed by atoms with Gasteiger partial charge in [0.15, 0.2) is 0 Å². The van der Waals surface area contributed by atoms with Crippen LogP contribution in [0.25, 0.3) is 11.0 Å². The van der Waals surface area contributed by atoms with Crippen molar-refractivity contribution >= 4 is 39.3 Å². The molecule has 0 spiro atoms. The van der Waals surface area contributed by atoms with Crippen LogP contribution in [0.3, 0.4) is 0 Å². The third-order valence-corrected chi connectivity index (χ3v) is 5.73. The summed E-state index contributed by atoms with van der Waals surface area (Å²) in [5.41, 5.74) is 3.71. The minimum absolute atomic E-state index is 0.293. The molecule has 3 nitrogen and oxygen atoms in total. The number of hydrogen-bond donors (Lipinski definition) is 0. The second kappa shape index (κ2) is 6.42. The van der Waals surface area contributed by atoms with Crippen molar-refractivity contribution < 1.29 is 4.42 Å². The molecule has 0 unspecified atom stereocenters. The van der Waals surface area contributed by atoms with E-state index < -0.39 is 0 Å². The van der Waals surface area contributed by atoms with Crippen molar-refractivity contribution in [3.05, 3.63) is 45.3 Å². The minimum atomic E-state index is -0.293. The molecule has 1 aliphatic rings. The van der Waals surface area contributed by atoms with E-state index in [1.807, 2.05) is 13.0 Å². The van der Waals surface area contributed by atoms with Crippen molar-refractivity contribution in [2.45, 2.75) is 32.4 Å². The van der Waals surface area contributed by atoms with Crippen LogP contribution in [0.5, 0.6) is 0 Å². The number of fused-ring (bicyclic) bond motifs is 1. The van der Waals surface area contributed by atoms with Crippen molar-refractivity contribution in [3.63, 3.8) is 0 Å². The van der Waals surface area contributed by atoms with E-state index in [0.717, 1.165) is 33.9 Å². The first kappa shape index (κ1) is 15.6. The summed E-state index contributed by atoms with van der Waals surface area (Å²) in [6, 6.07) is 5.64. The summed E-state index contributed by atoms with van der Waals surface area (Å²) < 4.78 is 6.27.